The molecule has 0 fully saturated rings. The van der Waals surface area contributed by atoms with Gasteiger partial charge in [-0.2, -0.15) is 0 Å². The largest absolute Gasteiger partial charge is 0.359 e. The molecule has 1 N–H and O–H groups in total. The standard InChI is InChI=1S/C15H20N2O/c1-4-5-8-17(3)15(18)12-6-7-14-13(10-12)9-11(2)16-14/h6-7,9-10,16H,4-5,8H2,1-3H3. The Kier molecular flexibility index (Phi) is 3.70. The molecule has 18 heavy (non-hydrogen) atoms. The Hall–Kier alpha value is -1.77. The average Bonchev–Trinajstić information content (AvgIpc) is 2.73. The van der Waals surface area contributed by atoms with Crippen molar-refractivity contribution in [3.63, 3.8) is 0 Å². The summed E-state index contributed by atoms with van der Waals surface area (Å²) in [5.74, 6) is 0.101. The van der Waals surface area contributed by atoms with Crippen molar-refractivity contribution in [2.45, 2.75) is 26.7 Å². The Labute approximate surface area is 108 Å². The summed E-state index contributed by atoms with van der Waals surface area (Å²) in [6, 6.07) is 7.90. The van der Waals surface area contributed by atoms with Crippen LogP contribution in [0.25, 0.3) is 10.9 Å². The van der Waals surface area contributed by atoms with E-state index in [1.807, 2.05) is 32.2 Å². The average molecular weight is 244 g/mol. The SMILES string of the molecule is CCCCN(C)C(=O)c1ccc2[nH]c(C)cc2c1. The van der Waals surface area contributed by atoms with Gasteiger partial charge in [0.15, 0.2) is 0 Å². The molecule has 0 radical (unpaired) electrons. The molecule has 0 unspecified atom stereocenters. The number of fused-ring (bicyclic) bond motifs is 1. The lowest BCUT2D eigenvalue weighted by Crippen LogP contribution is -2.27. The van der Waals surface area contributed by atoms with Crippen LogP contribution >= 0.6 is 0 Å². The molecule has 3 nitrogen and oxygen atoms in total. The minimum Gasteiger partial charge on any atom is -0.359 e. The number of unbranched alkanes of at least 4 members (excludes halogenated alkanes) is 1. The van der Waals surface area contributed by atoms with Gasteiger partial charge in [-0.05, 0) is 37.6 Å². The highest BCUT2D eigenvalue weighted by molar-refractivity contribution is 5.98. The Morgan fingerprint density at radius 2 is 2.11 bits per heavy atom. The molecule has 1 aromatic heterocycles. The normalized spacial score (nSPS) is 10.8. The molecule has 0 bridgehead atoms. The quantitative estimate of drug-likeness (QED) is 0.879. The van der Waals surface area contributed by atoms with Gasteiger partial charge in [0.2, 0.25) is 0 Å². The zero-order chi connectivity index (χ0) is 13.1. The number of aryl methyl sites for hydroxylation is 1. The number of rotatable bonds is 4. The lowest BCUT2D eigenvalue weighted by atomic mass is 10.1. The van der Waals surface area contributed by atoms with Crippen molar-refractivity contribution in [1.29, 1.82) is 0 Å². The molecule has 0 saturated carbocycles. The van der Waals surface area contributed by atoms with Crippen molar-refractivity contribution in [3.8, 4) is 0 Å². The molecule has 0 atom stereocenters. The molecule has 0 aliphatic carbocycles. The molecule has 1 aromatic carbocycles. The number of benzene rings is 1. The third-order valence-electron chi connectivity index (χ3n) is 3.20. The minimum absolute atomic E-state index is 0.101. The summed E-state index contributed by atoms with van der Waals surface area (Å²) in [4.78, 5) is 17.3. The van der Waals surface area contributed by atoms with Gasteiger partial charge in [-0.3, -0.25) is 4.79 Å². The lowest BCUT2D eigenvalue weighted by molar-refractivity contribution is 0.0793. The Morgan fingerprint density at radius 3 is 2.83 bits per heavy atom. The number of H-pyrrole nitrogens is 1. The van der Waals surface area contributed by atoms with Gasteiger partial charge < -0.3 is 9.88 Å². The monoisotopic (exact) mass is 244 g/mol. The van der Waals surface area contributed by atoms with Crippen LogP contribution in [0.15, 0.2) is 24.3 Å². The fourth-order valence-electron chi connectivity index (χ4n) is 2.13. The van der Waals surface area contributed by atoms with Crippen molar-refractivity contribution in [2.24, 2.45) is 0 Å². The molecule has 1 amide bonds. The maximum Gasteiger partial charge on any atom is 0.253 e. The maximum absolute atomic E-state index is 12.2. The van der Waals surface area contributed by atoms with Crippen LogP contribution in [0.4, 0.5) is 0 Å². The Morgan fingerprint density at radius 1 is 1.33 bits per heavy atom. The second-order valence-electron chi connectivity index (χ2n) is 4.83. The second kappa shape index (κ2) is 5.25. The van der Waals surface area contributed by atoms with Crippen molar-refractivity contribution < 1.29 is 4.79 Å². The zero-order valence-corrected chi connectivity index (χ0v) is 11.3. The van der Waals surface area contributed by atoms with Crippen LogP contribution in [-0.4, -0.2) is 29.4 Å². The number of hydrogen-bond donors (Lipinski definition) is 1. The number of nitrogens with zero attached hydrogens (tertiary/aromatic N) is 1. The Balaban J connectivity index is 2.22. The molecule has 1 heterocycles. The molecule has 0 aliphatic heterocycles. The first kappa shape index (κ1) is 12.7. The van der Waals surface area contributed by atoms with E-state index in [0.717, 1.165) is 41.5 Å². The summed E-state index contributed by atoms with van der Waals surface area (Å²) >= 11 is 0. The highest BCUT2D eigenvalue weighted by atomic mass is 16.2. The maximum atomic E-state index is 12.2. The minimum atomic E-state index is 0.101. The van der Waals surface area contributed by atoms with Crippen LogP contribution in [0, 0.1) is 6.92 Å². The van der Waals surface area contributed by atoms with Gasteiger partial charge in [-0.25, -0.2) is 0 Å². The van der Waals surface area contributed by atoms with E-state index in [9.17, 15) is 4.79 Å². The highest BCUT2D eigenvalue weighted by Gasteiger charge is 2.11. The summed E-state index contributed by atoms with van der Waals surface area (Å²) in [5, 5.41) is 1.10. The number of aromatic amines is 1. The fraction of sp³-hybridized carbons (Fsp3) is 0.400. The van der Waals surface area contributed by atoms with Crippen molar-refractivity contribution in [2.75, 3.05) is 13.6 Å². The summed E-state index contributed by atoms with van der Waals surface area (Å²) in [7, 11) is 1.87. The highest BCUT2D eigenvalue weighted by Crippen LogP contribution is 2.17. The molecule has 96 valence electrons. The van der Waals surface area contributed by atoms with Crippen LogP contribution in [-0.2, 0) is 0 Å². The van der Waals surface area contributed by atoms with Crippen LogP contribution in [0.5, 0.6) is 0 Å². The molecule has 0 saturated heterocycles. The predicted molar refractivity (Wildman–Crippen MR) is 74.9 cm³/mol. The van der Waals surface area contributed by atoms with E-state index in [-0.39, 0.29) is 5.91 Å². The number of nitrogens with one attached hydrogen (secondary N) is 1. The first-order chi connectivity index (χ1) is 8.61. The lowest BCUT2D eigenvalue weighted by Gasteiger charge is -2.16. The smallest absolute Gasteiger partial charge is 0.253 e. The van der Waals surface area contributed by atoms with Gasteiger partial charge in [0.05, 0.1) is 0 Å². The zero-order valence-electron chi connectivity index (χ0n) is 11.3. The third kappa shape index (κ3) is 2.55. The molecular weight excluding hydrogens is 224 g/mol. The van der Waals surface area contributed by atoms with Gasteiger partial charge in [0.25, 0.3) is 5.91 Å². The number of carbonyl (C=O) groups excluding carboxylic acids is 1. The van der Waals surface area contributed by atoms with Crippen molar-refractivity contribution >= 4 is 16.8 Å². The van der Waals surface area contributed by atoms with E-state index in [1.54, 1.807) is 4.90 Å². The summed E-state index contributed by atoms with van der Waals surface area (Å²) in [6.07, 6.45) is 2.15. The first-order valence-corrected chi connectivity index (χ1v) is 6.46. The molecule has 0 aliphatic rings. The fourth-order valence-corrected chi connectivity index (χ4v) is 2.13. The second-order valence-corrected chi connectivity index (χ2v) is 4.83. The number of hydrogen-bond acceptors (Lipinski definition) is 1. The van der Waals surface area contributed by atoms with Crippen molar-refractivity contribution in [1.82, 2.24) is 9.88 Å². The predicted octanol–water partition coefficient (Wildman–Crippen LogP) is 3.35. The van der Waals surface area contributed by atoms with Gasteiger partial charge in [-0.1, -0.05) is 13.3 Å². The van der Waals surface area contributed by atoms with Crippen LogP contribution in [0.1, 0.15) is 35.8 Å². The number of amides is 1. The first-order valence-electron chi connectivity index (χ1n) is 6.46. The van der Waals surface area contributed by atoms with Gasteiger partial charge >= 0.3 is 0 Å². The third-order valence-corrected chi connectivity index (χ3v) is 3.20. The van der Waals surface area contributed by atoms with E-state index >= 15 is 0 Å². The van der Waals surface area contributed by atoms with Crippen LogP contribution in [0.3, 0.4) is 0 Å². The summed E-state index contributed by atoms with van der Waals surface area (Å²) < 4.78 is 0. The topological polar surface area (TPSA) is 36.1 Å². The van der Waals surface area contributed by atoms with E-state index in [4.69, 9.17) is 0 Å². The van der Waals surface area contributed by atoms with E-state index in [0.29, 0.717) is 0 Å². The van der Waals surface area contributed by atoms with Crippen molar-refractivity contribution in [3.05, 3.63) is 35.5 Å². The van der Waals surface area contributed by atoms with Gasteiger partial charge in [-0.15, -0.1) is 0 Å². The number of aromatic nitrogens is 1. The van der Waals surface area contributed by atoms with Crippen LogP contribution < -0.4 is 0 Å². The van der Waals surface area contributed by atoms with Gasteiger partial charge in [0, 0.05) is 35.8 Å². The molecular formula is C15H20N2O. The van der Waals surface area contributed by atoms with Gasteiger partial charge in [0.1, 0.15) is 0 Å². The molecule has 2 aromatic rings. The summed E-state index contributed by atoms with van der Waals surface area (Å²) in [6.45, 7) is 4.97. The van der Waals surface area contributed by atoms with E-state index < -0.39 is 0 Å². The van der Waals surface area contributed by atoms with E-state index in [2.05, 4.69) is 18.0 Å². The summed E-state index contributed by atoms with van der Waals surface area (Å²) in [5.41, 5.74) is 2.97. The Bertz CT molecular complexity index is 557. The molecule has 0 spiro atoms. The molecule has 3 heteroatoms. The molecule has 2 rings (SSSR count). The van der Waals surface area contributed by atoms with Crippen LogP contribution in [0.2, 0.25) is 0 Å². The van der Waals surface area contributed by atoms with E-state index in [1.165, 1.54) is 0 Å². The number of carbonyl (C=O) groups is 1.